The molecule has 0 saturated carbocycles. The summed E-state index contributed by atoms with van der Waals surface area (Å²) in [7, 11) is 2.07. The van der Waals surface area contributed by atoms with E-state index in [0.29, 0.717) is 12.6 Å². The molecule has 1 saturated heterocycles. The van der Waals surface area contributed by atoms with Crippen molar-refractivity contribution >= 4 is 15.9 Å². The summed E-state index contributed by atoms with van der Waals surface area (Å²) in [5, 5.41) is 0. The van der Waals surface area contributed by atoms with Crippen LogP contribution in [0.4, 0.5) is 0 Å². The van der Waals surface area contributed by atoms with Crippen molar-refractivity contribution in [3.05, 3.63) is 22.6 Å². The first kappa shape index (κ1) is 14.1. The van der Waals surface area contributed by atoms with Crippen LogP contribution in [0.3, 0.4) is 0 Å². The highest BCUT2D eigenvalue weighted by molar-refractivity contribution is 9.10. The van der Waals surface area contributed by atoms with E-state index in [-0.39, 0.29) is 6.04 Å². The van der Waals surface area contributed by atoms with Gasteiger partial charge in [-0.1, -0.05) is 0 Å². The van der Waals surface area contributed by atoms with E-state index in [4.69, 9.17) is 14.9 Å². The van der Waals surface area contributed by atoms with Crippen LogP contribution in [-0.4, -0.2) is 37.7 Å². The van der Waals surface area contributed by atoms with Crippen LogP contribution in [0.1, 0.15) is 31.1 Å². The second kappa shape index (κ2) is 6.70. The van der Waals surface area contributed by atoms with Crippen LogP contribution in [0.5, 0.6) is 0 Å². The molecule has 2 N–H and O–H groups in total. The number of furan rings is 1. The van der Waals surface area contributed by atoms with E-state index in [1.807, 2.05) is 6.07 Å². The van der Waals surface area contributed by atoms with Crippen LogP contribution in [0.15, 0.2) is 21.2 Å². The number of nitrogens with zero attached hydrogens (tertiary/aromatic N) is 1. The molecule has 0 spiro atoms. The van der Waals surface area contributed by atoms with Crippen molar-refractivity contribution in [2.75, 3.05) is 26.7 Å². The van der Waals surface area contributed by atoms with E-state index in [2.05, 4.69) is 27.9 Å². The third-order valence-electron chi connectivity index (χ3n) is 3.47. The molecule has 4 nitrogen and oxygen atoms in total. The first-order valence-electron chi connectivity index (χ1n) is 6.47. The third-order valence-corrected chi connectivity index (χ3v) is 4.12. The quantitative estimate of drug-likeness (QED) is 0.907. The molecule has 1 aliphatic heterocycles. The topological polar surface area (TPSA) is 51.6 Å². The third kappa shape index (κ3) is 3.35. The van der Waals surface area contributed by atoms with E-state index in [9.17, 15) is 0 Å². The first-order chi connectivity index (χ1) is 8.72. The average molecular weight is 317 g/mol. The monoisotopic (exact) mass is 316 g/mol. The molecular formula is C13H21BrN2O2. The summed E-state index contributed by atoms with van der Waals surface area (Å²) in [6, 6.07) is 2.00. The van der Waals surface area contributed by atoms with Crippen molar-refractivity contribution in [1.82, 2.24) is 4.90 Å². The zero-order valence-corrected chi connectivity index (χ0v) is 12.4. The van der Waals surface area contributed by atoms with Gasteiger partial charge in [0.25, 0.3) is 0 Å². The van der Waals surface area contributed by atoms with Crippen LogP contribution < -0.4 is 5.73 Å². The summed E-state index contributed by atoms with van der Waals surface area (Å²) < 4.78 is 12.3. The minimum atomic E-state index is 0.0971. The number of halogens is 1. The fourth-order valence-electron chi connectivity index (χ4n) is 2.43. The van der Waals surface area contributed by atoms with Gasteiger partial charge in [0.15, 0.2) is 0 Å². The second-order valence-electron chi connectivity index (χ2n) is 4.81. The molecular weight excluding hydrogens is 296 g/mol. The number of nitrogens with two attached hydrogens (primary N) is 1. The van der Waals surface area contributed by atoms with Crippen molar-refractivity contribution in [3.8, 4) is 0 Å². The molecule has 18 heavy (non-hydrogen) atoms. The van der Waals surface area contributed by atoms with Gasteiger partial charge in [0.05, 0.1) is 22.9 Å². The molecule has 1 aliphatic rings. The lowest BCUT2D eigenvalue weighted by molar-refractivity contribution is -0.00922. The molecule has 2 rings (SSSR count). The number of hydrogen-bond donors (Lipinski definition) is 1. The summed E-state index contributed by atoms with van der Waals surface area (Å²) in [5.41, 5.74) is 5.88. The normalized spacial score (nSPS) is 22.3. The molecule has 2 heterocycles. The van der Waals surface area contributed by atoms with Crippen molar-refractivity contribution in [3.63, 3.8) is 0 Å². The van der Waals surface area contributed by atoms with Crippen LogP contribution in [0.25, 0.3) is 0 Å². The smallest absolute Gasteiger partial charge is 0.136 e. The van der Waals surface area contributed by atoms with Crippen LogP contribution in [0, 0.1) is 0 Å². The molecule has 0 aromatic carbocycles. The fourth-order valence-corrected chi connectivity index (χ4v) is 2.90. The predicted molar refractivity (Wildman–Crippen MR) is 74.4 cm³/mol. The van der Waals surface area contributed by atoms with Gasteiger partial charge in [0, 0.05) is 19.7 Å². The van der Waals surface area contributed by atoms with Crippen LogP contribution in [-0.2, 0) is 4.74 Å². The predicted octanol–water partition coefficient (Wildman–Crippen LogP) is 2.54. The van der Waals surface area contributed by atoms with Crippen LogP contribution >= 0.6 is 15.9 Å². The van der Waals surface area contributed by atoms with Crippen molar-refractivity contribution in [2.24, 2.45) is 5.73 Å². The molecule has 0 bridgehead atoms. The Hall–Kier alpha value is -0.360. The van der Waals surface area contributed by atoms with E-state index in [1.165, 1.54) is 12.8 Å². The summed E-state index contributed by atoms with van der Waals surface area (Å²) in [6.45, 7) is 2.32. The Morgan fingerprint density at radius 1 is 1.56 bits per heavy atom. The summed E-state index contributed by atoms with van der Waals surface area (Å²) >= 11 is 3.49. The maximum atomic E-state index is 5.88. The van der Waals surface area contributed by atoms with E-state index >= 15 is 0 Å². The van der Waals surface area contributed by atoms with Crippen molar-refractivity contribution in [2.45, 2.75) is 31.4 Å². The molecule has 1 fully saturated rings. The zero-order valence-electron chi connectivity index (χ0n) is 10.8. The number of ether oxygens (including phenoxy) is 1. The van der Waals surface area contributed by atoms with Crippen LogP contribution in [0.2, 0.25) is 0 Å². The number of rotatable bonds is 5. The highest BCUT2D eigenvalue weighted by Crippen LogP contribution is 2.28. The molecule has 2 atom stereocenters. The van der Waals surface area contributed by atoms with Gasteiger partial charge < -0.3 is 14.9 Å². The minimum absolute atomic E-state index is 0.0971. The Bertz CT molecular complexity index is 364. The SMILES string of the molecule is CN(CC1CCCCO1)C(CN)c1occc1Br. The Labute approximate surface area is 117 Å². The van der Waals surface area contributed by atoms with E-state index < -0.39 is 0 Å². The summed E-state index contributed by atoms with van der Waals surface area (Å²) in [4.78, 5) is 2.22. The highest BCUT2D eigenvalue weighted by atomic mass is 79.9. The van der Waals surface area contributed by atoms with E-state index in [0.717, 1.165) is 29.8 Å². The Kier molecular flexibility index (Phi) is 5.24. The lowest BCUT2D eigenvalue weighted by Crippen LogP contribution is -2.38. The summed E-state index contributed by atoms with van der Waals surface area (Å²) in [5.74, 6) is 0.899. The van der Waals surface area contributed by atoms with Crippen molar-refractivity contribution in [1.29, 1.82) is 0 Å². The highest BCUT2D eigenvalue weighted by Gasteiger charge is 2.24. The lowest BCUT2D eigenvalue weighted by atomic mass is 10.1. The lowest BCUT2D eigenvalue weighted by Gasteiger charge is -2.31. The van der Waals surface area contributed by atoms with E-state index in [1.54, 1.807) is 6.26 Å². The van der Waals surface area contributed by atoms with Gasteiger partial charge in [0.1, 0.15) is 5.76 Å². The molecule has 5 heteroatoms. The molecule has 1 aromatic heterocycles. The zero-order chi connectivity index (χ0) is 13.0. The Morgan fingerprint density at radius 3 is 2.94 bits per heavy atom. The number of hydrogen-bond acceptors (Lipinski definition) is 4. The Morgan fingerprint density at radius 2 is 2.39 bits per heavy atom. The van der Waals surface area contributed by atoms with Gasteiger partial charge in [-0.3, -0.25) is 4.90 Å². The van der Waals surface area contributed by atoms with Gasteiger partial charge in [-0.2, -0.15) is 0 Å². The van der Waals surface area contributed by atoms with Gasteiger partial charge in [-0.25, -0.2) is 0 Å². The van der Waals surface area contributed by atoms with Gasteiger partial charge in [0.2, 0.25) is 0 Å². The molecule has 0 amide bonds. The average Bonchev–Trinajstić information content (AvgIpc) is 2.78. The van der Waals surface area contributed by atoms with Crippen molar-refractivity contribution < 1.29 is 9.15 Å². The molecule has 1 aromatic rings. The molecule has 2 unspecified atom stereocenters. The minimum Gasteiger partial charge on any atom is -0.466 e. The first-order valence-corrected chi connectivity index (χ1v) is 7.26. The molecule has 102 valence electrons. The molecule has 0 radical (unpaired) electrons. The fraction of sp³-hybridized carbons (Fsp3) is 0.692. The summed E-state index contributed by atoms with van der Waals surface area (Å²) in [6.07, 6.45) is 5.60. The standard InChI is InChI=1S/C13H21BrN2O2/c1-16(9-10-4-2-3-6-17-10)12(8-15)13-11(14)5-7-18-13/h5,7,10,12H,2-4,6,8-9,15H2,1H3. The van der Waals surface area contributed by atoms with Gasteiger partial charge >= 0.3 is 0 Å². The maximum absolute atomic E-state index is 5.88. The Balaban J connectivity index is 1.97. The second-order valence-corrected chi connectivity index (χ2v) is 5.67. The maximum Gasteiger partial charge on any atom is 0.136 e. The van der Waals surface area contributed by atoms with Gasteiger partial charge in [-0.05, 0) is 48.3 Å². The van der Waals surface area contributed by atoms with Gasteiger partial charge in [-0.15, -0.1) is 0 Å². The largest absolute Gasteiger partial charge is 0.466 e. The number of likely N-dealkylation sites (N-methyl/N-ethyl adjacent to an activating group) is 1. The molecule has 0 aliphatic carbocycles.